The number of hydrogen-bond acceptors (Lipinski definition) is 4. The molecule has 0 saturated heterocycles. The second-order valence-electron chi connectivity index (χ2n) is 8.69. The van der Waals surface area contributed by atoms with Crippen molar-refractivity contribution in [2.75, 3.05) is 0 Å². The number of pyridine rings is 2. The Morgan fingerprint density at radius 1 is 0.647 bits per heavy atom. The van der Waals surface area contributed by atoms with Crippen LogP contribution in [0, 0.1) is 0 Å². The number of rotatable bonds is 3. The normalized spacial score (nSPS) is 12.7. The summed E-state index contributed by atoms with van der Waals surface area (Å²) >= 11 is 0. The molecular weight excluding hydrogens is 420 g/mol. The second-order valence-corrected chi connectivity index (χ2v) is 8.69. The van der Waals surface area contributed by atoms with E-state index in [1.54, 1.807) is 6.20 Å². The van der Waals surface area contributed by atoms with Crippen LogP contribution in [0.3, 0.4) is 0 Å². The standard InChI is InChI=1S/C30H20N2O2/c1-18(19-7-3-2-4-8-19)24-12-14-28-30(32-24)23-15-20(11-13-27(23)33-28)25-16-22-21-9-5-6-10-26(21)34-29(22)17-31-25/h2-18H,1H3. The lowest BCUT2D eigenvalue weighted by molar-refractivity contribution is 0.666. The molecule has 7 rings (SSSR count). The van der Waals surface area contributed by atoms with E-state index in [2.05, 4.69) is 66.5 Å². The van der Waals surface area contributed by atoms with E-state index in [4.69, 9.17) is 13.8 Å². The van der Waals surface area contributed by atoms with Gasteiger partial charge in [0.15, 0.2) is 11.2 Å². The fourth-order valence-electron chi connectivity index (χ4n) is 4.76. The summed E-state index contributed by atoms with van der Waals surface area (Å²) in [6.07, 6.45) is 1.81. The molecule has 0 spiro atoms. The highest BCUT2D eigenvalue weighted by Gasteiger charge is 2.16. The average Bonchev–Trinajstić information content (AvgIpc) is 3.45. The highest BCUT2D eigenvalue weighted by molar-refractivity contribution is 6.07. The molecule has 0 fully saturated rings. The van der Waals surface area contributed by atoms with Gasteiger partial charge in [0.1, 0.15) is 16.7 Å². The topological polar surface area (TPSA) is 52.1 Å². The van der Waals surface area contributed by atoms with Gasteiger partial charge in [0.2, 0.25) is 0 Å². The lowest BCUT2D eigenvalue weighted by Crippen LogP contribution is -1.98. The summed E-state index contributed by atoms with van der Waals surface area (Å²) in [6.45, 7) is 2.19. The molecule has 1 atom stereocenters. The summed E-state index contributed by atoms with van der Waals surface area (Å²) < 4.78 is 12.0. The minimum atomic E-state index is 0.192. The highest BCUT2D eigenvalue weighted by atomic mass is 16.3. The van der Waals surface area contributed by atoms with Gasteiger partial charge in [-0.3, -0.25) is 4.98 Å². The van der Waals surface area contributed by atoms with Crippen LogP contribution in [-0.4, -0.2) is 9.97 Å². The van der Waals surface area contributed by atoms with Crippen molar-refractivity contribution < 1.29 is 8.83 Å². The molecule has 4 heterocycles. The molecule has 0 N–H and O–H groups in total. The predicted octanol–water partition coefficient (Wildman–Crippen LogP) is 8.09. The van der Waals surface area contributed by atoms with Crippen molar-refractivity contribution in [2.24, 2.45) is 0 Å². The molecule has 162 valence electrons. The number of aromatic nitrogens is 2. The summed E-state index contributed by atoms with van der Waals surface area (Å²) in [5, 5.41) is 3.15. The second kappa shape index (κ2) is 7.29. The van der Waals surface area contributed by atoms with Gasteiger partial charge in [0.05, 0.1) is 11.9 Å². The van der Waals surface area contributed by atoms with Crippen LogP contribution in [0.4, 0.5) is 0 Å². The molecule has 0 radical (unpaired) electrons. The number of nitrogens with zero attached hydrogens (tertiary/aromatic N) is 2. The molecular formula is C30H20N2O2. The van der Waals surface area contributed by atoms with Crippen molar-refractivity contribution in [1.29, 1.82) is 0 Å². The van der Waals surface area contributed by atoms with E-state index >= 15 is 0 Å². The molecule has 0 aliphatic heterocycles. The van der Waals surface area contributed by atoms with Crippen LogP contribution in [-0.2, 0) is 0 Å². The van der Waals surface area contributed by atoms with Crippen molar-refractivity contribution in [3.05, 3.63) is 108 Å². The molecule has 34 heavy (non-hydrogen) atoms. The third kappa shape index (κ3) is 2.92. The van der Waals surface area contributed by atoms with Crippen LogP contribution in [0.1, 0.15) is 24.1 Å². The van der Waals surface area contributed by atoms with E-state index in [1.165, 1.54) is 5.56 Å². The zero-order valence-corrected chi connectivity index (χ0v) is 18.5. The first-order chi connectivity index (χ1) is 16.7. The van der Waals surface area contributed by atoms with E-state index in [9.17, 15) is 0 Å². The van der Waals surface area contributed by atoms with Crippen molar-refractivity contribution >= 4 is 44.0 Å². The van der Waals surface area contributed by atoms with E-state index in [1.807, 2.05) is 36.4 Å². The Labute approximate surface area is 195 Å². The average molecular weight is 441 g/mol. The van der Waals surface area contributed by atoms with Gasteiger partial charge in [0.25, 0.3) is 0 Å². The first kappa shape index (κ1) is 19.1. The number of hydrogen-bond donors (Lipinski definition) is 0. The van der Waals surface area contributed by atoms with Gasteiger partial charge in [-0.1, -0.05) is 55.5 Å². The first-order valence-electron chi connectivity index (χ1n) is 11.4. The molecule has 0 amide bonds. The summed E-state index contributed by atoms with van der Waals surface area (Å²) in [5.74, 6) is 0.192. The Bertz CT molecular complexity index is 1830. The Hall–Kier alpha value is -4.44. The minimum absolute atomic E-state index is 0.192. The molecule has 4 nitrogen and oxygen atoms in total. The number of benzene rings is 3. The van der Waals surface area contributed by atoms with Gasteiger partial charge in [-0.25, -0.2) is 4.98 Å². The van der Waals surface area contributed by atoms with Crippen LogP contribution in [0.15, 0.2) is 106 Å². The van der Waals surface area contributed by atoms with Gasteiger partial charge in [-0.2, -0.15) is 0 Å². The quantitative estimate of drug-likeness (QED) is 0.279. The predicted molar refractivity (Wildman–Crippen MR) is 136 cm³/mol. The summed E-state index contributed by atoms with van der Waals surface area (Å²) in [5.41, 5.74) is 8.34. The van der Waals surface area contributed by atoms with Crippen molar-refractivity contribution in [2.45, 2.75) is 12.8 Å². The first-order valence-corrected chi connectivity index (χ1v) is 11.4. The Morgan fingerprint density at radius 3 is 2.32 bits per heavy atom. The monoisotopic (exact) mass is 440 g/mol. The van der Waals surface area contributed by atoms with Gasteiger partial charge < -0.3 is 8.83 Å². The fraction of sp³-hybridized carbons (Fsp3) is 0.0667. The molecule has 0 aliphatic rings. The van der Waals surface area contributed by atoms with E-state index < -0.39 is 0 Å². The maximum absolute atomic E-state index is 6.10. The van der Waals surface area contributed by atoms with Crippen LogP contribution < -0.4 is 0 Å². The molecule has 7 aromatic rings. The Morgan fingerprint density at radius 2 is 1.41 bits per heavy atom. The number of furan rings is 2. The smallest absolute Gasteiger partial charge is 0.153 e. The summed E-state index contributed by atoms with van der Waals surface area (Å²) in [7, 11) is 0. The largest absolute Gasteiger partial charge is 0.454 e. The zero-order valence-electron chi connectivity index (χ0n) is 18.5. The van der Waals surface area contributed by atoms with Crippen LogP contribution in [0.25, 0.3) is 55.3 Å². The van der Waals surface area contributed by atoms with Crippen molar-refractivity contribution in [3.8, 4) is 11.3 Å². The Kier molecular flexibility index (Phi) is 4.09. The van der Waals surface area contributed by atoms with Crippen LogP contribution in [0.5, 0.6) is 0 Å². The van der Waals surface area contributed by atoms with Gasteiger partial charge in [-0.05, 0) is 48.0 Å². The Balaban J connectivity index is 1.37. The van der Waals surface area contributed by atoms with Crippen LogP contribution in [0.2, 0.25) is 0 Å². The molecule has 0 aliphatic carbocycles. The van der Waals surface area contributed by atoms with Gasteiger partial charge in [0, 0.05) is 33.3 Å². The zero-order chi connectivity index (χ0) is 22.6. The van der Waals surface area contributed by atoms with E-state index in [-0.39, 0.29) is 5.92 Å². The molecule has 3 aromatic carbocycles. The van der Waals surface area contributed by atoms with Gasteiger partial charge in [-0.15, -0.1) is 0 Å². The third-order valence-corrected chi connectivity index (χ3v) is 6.64. The lowest BCUT2D eigenvalue weighted by Gasteiger charge is -2.11. The third-order valence-electron chi connectivity index (χ3n) is 6.64. The van der Waals surface area contributed by atoms with E-state index in [0.29, 0.717) is 0 Å². The molecule has 0 saturated carbocycles. The van der Waals surface area contributed by atoms with Crippen molar-refractivity contribution in [1.82, 2.24) is 9.97 Å². The maximum Gasteiger partial charge on any atom is 0.153 e. The highest BCUT2D eigenvalue weighted by Crippen LogP contribution is 2.35. The maximum atomic E-state index is 6.10. The van der Waals surface area contributed by atoms with Crippen molar-refractivity contribution in [3.63, 3.8) is 0 Å². The molecule has 1 unspecified atom stereocenters. The number of fused-ring (bicyclic) bond motifs is 6. The molecule has 0 bridgehead atoms. The summed E-state index contributed by atoms with van der Waals surface area (Å²) in [4.78, 5) is 9.71. The SMILES string of the molecule is CC(c1ccccc1)c1ccc2oc3ccc(-c4cc5c(cn4)oc4ccccc45)cc3c2n1. The van der Waals surface area contributed by atoms with E-state index in [0.717, 1.165) is 61.0 Å². The van der Waals surface area contributed by atoms with Gasteiger partial charge >= 0.3 is 0 Å². The molecule has 4 aromatic heterocycles. The fourth-order valence-corrected chi connectivity index (χ4v) is 4.76. The summed E-state index contributed by atoms with van der Waals surface area (Å²) in [6, 6.07) is 30.9. The number of para-hydroxylation sites is 1. The lowest BCUT2D eigenvalue weighted by atomic mass is 9.97. The molecule has 4 heteroatoms. The minimum Gasteiger partial charge on any atom is -0.454 e. The van der Waals surface area contributed by atoms with Crippen LogP contribution >= 0.6 is 0 Å².